The van der Waals surface area contributed by atoms with Crippen molar-refractivity contribution in [1.82, 2.24) is 0 Å². The third kappa shape index (κ3) is 4.82. The number of hydrogen-bond acceptors (Lipinski definition) is 4. The summed E-state index contributed by atoms with van der Waals surface area (Å²) < 4.78 is 51.3. The summed E-state index contributed by atoms with van der Waals surface area (Å²) in [6.07, 6.45) is -4.60. The van der Waals surface area contributed by atoms with Crippen LogP contribution >= 0.6 is 11.6 Å². The van der Waals surface area contributed by atoms with Crippen molar-refractivity contribution < 1.29 is 27.3 Å². The lowest BCUT2D eigenvalue weighted by atomic mass is 10.2. The average Bonchev–Trinajstić information content (AvgIpc) is 2.54. The molecule has 1 amide bonds. The Labute approximate surface area is 148 Å². The molecule has 2 rings (SSSR count). The van der Waals surface area contributed by atoms with E-state index in [2.05, 4.69) is 10.6 Å². The first-order chi connectivity index (χ1) is 12.1. The van der Waals surface area contributed by atoms with Crippen molar-refractivity contribution in [2.45, 2.75) is 6.18 Å². The highest BCUT2D eigenvalue weighted by molar-refractivity contribution is 6.33. The molecule has 0 bridgehead atoms. The Balaban J connectivity index is 2.06. The maximum absolute atomic E-state index is 13.2. The fourth-order valence-corrected chi connectivity index (χ4v) is 2.10. The number of nitrogens with zero attached hydrogens (tertiary/aromatic N) is 1. The van der Waals surface area contributed by atoms with Crippen LogP contribution in [-0.2, 0) is 11.0 Å². The highest BCUT2D eigenvalue weighted by Crippen LogP contribution is 2.33. The number of halogens is 5. The second kappa shape index (κ2) is 7.56. The van der Waals surface area contributed by atoms with E-state index in [0.717, 1.165) is 24.3 Å². The molecule has 0 saturated heterocycles. The molecule has 0 aromatic heterocycles. The maximum atomic E-state index is 13.2. The van der Waals surface area contributed by atoms with Crippen LogP contribution in [0.25, 0.3) is 0 Å². The topological polar surface area (TPSA) is 84.3 Å². The molecule has 0 unspecified atom stereocenters. The van der Waals surface area contributed by atoms with Crippen LogP contribution in [0.5, 0.6) is 0 Å². The molecule has 0 radical (unpaired) electrons. The Bertz CT molecular complexity index is 859. The zero-order valence-electron chi connectivity index (χ0n) is 12.7. The molecule has 0 aliphatic rings. The molecule has 11 heteroatoms. The number of carbonyl (C=O) groups excluding carboxylic acids is 1. The maximum Gasteiger partial charge on any atom is 0.416 e. The second-order valence-electron chi connectivity index (χ2n) is 5.02. The smallest absolute Gasteiger partial charge is 0.376 e. The summed E-state index contributed by atoms with van der Waals surface area (Å²) in [4.78, 5) is 21.6. The van der Waals surface area contributed by atoms with E-state index in [1.54, 1.807) is 0 Å². The minimum atomic E-state index is -4.60. The Morgan fingerprint density at radius 3 is 2.50 bits per heavy atom. The van der Waals surface area contributed by atoms with Crippen molar-refractivity contribution in [1.29, 1.82) is 0 Å². The van der Waals surface area contributed by atoms with Gasteiger partial charge in [0.25, 0.3) is 0 Å². The van der Waals surface area contributed by atoms with Gasteiger partial charge >= 0.3 is 11.9 Å². The zero-order chi connectivity index (χ0) is 19.5. The number of nitro benzene ring substituents is 1. The van der Waals surface area contributed by atoms with Gasteiger partial charge in [-0.1, -0.05) is 11.6 Å². The average molecular weight is 392 g/mol. The fraction of sp³-hybridized carbons (Fsp3) is 0.133. The molecule has 0 atom stereocenters. The van der Waals surface area contributed by atoms with E-state index >= 15 is 0 Å². The Morgan fingerprint density at radius 2 is 1.88 bits per heavy atom. The molecule has 0 aliphatic carbocycles. The second-order valence-corrected chi connectivity index (χ2v) is 5.42. The Kier molecular flexibility index (Phi) is 5.66. The summed E-state index contributed by atoms with van der Waals surface area (Å²) in [6, 6.07) is 5.36. The predicted octanol–water partition coefficient (Wildman–Crippen LogP) is 4.46. The molecular weight excluding hydrogens is 382 g/mol. The van der Waals surface area contributed by atoms with E-state index in [1.807, 2.05) is 0 Å². The lowest BCUT2D eigenvalue weighted by molar-refractivity contribution is -0.387. The van der Waals surface area contributed by atoms with Gasteiger partial charge in [-0.05, 0) is 30.3 Å². The predicted molar refractivity (Wildman–Crippen MR) is 86.6 cm³/mol. The minimum Gasteiger partial charge on any atom is -0.376 e. The Hall–Kier alpha value is -2.88. The van der Waals surface area contributed by atoms with Crippen LogP contribution in [0.3, 0.4) is 0 Å². The first-order valence-electron chi connectivity index (χ1n) is 6.92. The summed E-state index contributed by atoms with van der Waals surface area (Å²) in [5.41, 5.74) is -1.92. The molecule has 2 aromatic carbocycles. The number of nitrogens with one attached hydrogen (secondary N) is 2. The van der Waals surface area contributed by atoms with Gasteiger partial charge in [-0.15, -0.1) is 0 Å². The van der Waals surface area contributed by atoms with Gasteiger partial charge in [0.1, 0.15) is 0 Å². The molecule has 26 heavy (non-hydrogen) atoms. The summed E-state index contributed by atoms with van der Waals surface area (Å²) >= 11 is 5.76. The summed E-state index contributed by atoms with van der Waals surface area (Å²) in [7, 11) is 0. The van der Waals surface area contributed by atoms with Gasteiger partial charge in [-0.3, -0.25) is 14.9 Å². The lowest BCUT2D eigenvalue weighted by Crippen LogP contribution is -2.22. The molecule has 0 fully saturated rings. The number of carbonyl (C=O) groups is 1. The quantitative estimate of drug-likeness (QED) is 0.448. The van der Waals surface area contributed by atoms with Crippen molar-refractivity contribution >= 4 is 34.6 Å². The molecule has 2 aromatic rings. The fourth-order valence-electron chi connectivity index (χ4n) is 1.94. The minimum absolute atomic E-state index is 0.0865. The van der Waals surface area contributed by atoms with Crippen molar-refractivity contribution in [3.8, 4) is 0 Å². The molecule has 138 valence electrons. The van der Waals surface area contributed by atoms with Gasteiger partial charge in [0.05, 0.1) is 27.7 Å². The van der Waals surface area contributed by atoms with Gasteiger partial charge in [0, 0.05) is 11.8 Å². The van der Waals surface area contributed by atoms with Crippen LogP contribution in [-0.4, -0.2) is 17.4 Å². The summed E-state index contributed by atoms with van der Waals surface area (Å²) in [5.74, 6) is -1.79. The Morgan fingerprint density at radius 1 is 1.19 bits per heavy atom. The van der Waals surface area contributed by atoms with E-state index in [1.165, 1.54) is 6.07 Å². The first kappa shape index (κ1) is 19.4. The van der Waals surface area contributed by atoms with Gasteiger partial charge in [0.15, 0.2) is 0 Å². The van der Waals surface area contributed by atoms with E-state index in [4.69, 9.17) is 11.6 Å². The number of hydrogen-bond donors (Lipinski definition) is 2. The molecule has 0 spiro atoms. The van der Waals surface area contributed by atoms with E-state index in [9.17, 15) is 32.5 Å². The number of benzene rings is 2. The number of nitro groups is 1. The van der Waals surface area contributed by atoms with Gasteiger partial charge in [0.2, 0.25) is 11.7 Å². The monoisotopic (exact) mass is 391 g/mol. The van der Waals surface area contributed by atoms with Crippen LogP contribution in [0, 0.1) is 15.9 Å². The molecule has 0 saturated carbocycles. The standard InChI is InChI=1S/C15H10ClF4N3O3/c16-10-3-1-8(15(18,19)20)5-12(10)22-14(24)7-21-9-2-4-11(17)13(6-9)23(25)26/h1-6,21H,7H2,(H,22,24). The number of amides is 1. The summed E-state index contributed by atoms with van der Waals surface area (Å²) in [6.45, 7) is -0.435. The van der Waals surface area contributed by atoms with Crippen molar-refractivity contribution in [3.05, 3.63) is 62.9 Å². The highest BCUT2D eigenvalue weighted by Gasteiger charge is 2.31. The van der Waals surface area contributed by atoms with Crippen LogP contribution in [0.2, 0.25) is 5.02 Å². The molecule has 0 aliphatic heterocycles. The van der Waals surface area contributed by atoms with Crippen LogP contribution in [0.1, 0.15) is 5.56 Å². The SMILES string of the molecule is O=C(CNc1ccc(F)c([N+](=O)[O-])c1)Nc1cc(C(F)(F)F)ccc1Cl. The highest BCUT2D eigenvalue weighted by atomic mass is 35.5. The van der Waals surface area contributed by atoms with Gasteiger partial charge < -0.3 is 10.6 Å². The summed E-state index contributed by atoms with van der Waals surface area (Å²) in [5, 5.41) is 15.3. The van der Waals surface area contributed by atoms with Crippen LogP contribution in [0.4, 0.5) is 34.6 Å². The number of rotatable bonds is 5. The van der Waals surface area contributed by atoms with Crippen molar-refractivity contribution in [2.75, 3.05) is 17.2 Å². The largest absolute Gasteiger partial charge is 0.416 e. The lowest BCUT2D eigenvalue weighted by Gasteiger charge is -2.12. The van der Waals surface area contributed by atoms with Gasteiger partial charge in [-0.25, -0.2) is 0 Å². The van der Waals surface area contributed by atoms with E-state index in [-0.39, 0.29) is 16.4 Å². The first-order valence-corrected chi connectivity index (χ1v) is 7.30. The van der Waals surface area contributed by atoms with Crippen LogP contribution in [0.15, 0.2) is 36.4 Å². The molecule has 0 heterocycles. The zero-order valence-corrected chi connectivity index (χ0v) is 13.5. The third-order valence-corrected chi connectivity index (χ3v) is 3.49. The molecular formula is C15H10ClF4N3O3. The van der Waals surface area contributed by atoms with E-state index < -0.39 is 40.6 Å². The number of alkyl halides is 3. The molecule has 6 nitrogen and oxygen atoms in total. The van der Waals surface area contributed by atoms with Crippen molar-refractivity contribution in [3.63, 3.8) is 0 Å². The van der Waals surface area contributed by atoms with E-state index in [0.29, 0.717) is 6.07 Å². The normalized spacial score (nSPS) is 11.1. The third-order valence-electron chi connectivity index (χ3n) is 3.16. The molecule has 2 N–H and O–H groups in total. The van der Waals surface area contributed by atoms with Crippen LogP contribution < -0.4 is 10.6 Å². The number of anilines is 2. The van der Waals surface area contributed by atoms with Crippen molar-refractivity contribution in [2.24, 2.45) is 0 Å². The van der Waals surface area contributed by atoms with Gasteiger partial charge in [-0.2, -0.15) is 17.6 Å².